The van der Waals surface area contributed by atoms with Gasteiger partial charge in [-0.05, 0) is 63.6 Å². The predicted molar refractivity (Wildman–Crippen MR) is 145 cm³/mol. The van der Waals surface area contributed by atoms with Gasteiger partial charge in [0.15, 0.2) is 18.1 Å². The molecule has 12 heteroatoms. The van der Waals surface area contributed by atoms with Gasteiger partial charge in [0.25, 0.3) is 5.91 Å². The number of rotatable bonds is 11. The maximum Gasteiger partial charge on any atom is 0.338 e. The van der Waals surface area contributed by atoms with Crippen LogP contribution in [-0.2, 0) is 14.3 Å². The smallest absolute Gasteiger partial charge is 0.338 e. The Bertz CT molecular complexity index is 1290. The highest BCUT2D eigenvalue weighted by Crippen LogP contribution is 2.34. The van der Waals surface area contributed by atoms with Crippen LogP contribution in [0.4, 0.5) is 4.79 Å². The molecule has 0 bridgehead atoms. The summed E-state index contributed by atoms with van der Waals surface area (Å²) in [5.74, 6) is 0.0899. The van der Waals surface area contributed by atoms with Gasteiger partial charge in [0.05, 0.1) is 37.7 Å². The van der Waals surface area contributed by atoms with Crippen molar-refractivity contribution < 1.29 is 33.3 Å². The van der Waals surface area contributed by atoms with Crippen molar-refractivity contribution in [2.75, 3.05) is 20.3 Å². The first kappa shape index (κ1) is 29.3. The zero-order valence-corrected chi connectivity index (χ0v) is 23.0. The maximum atomic E-state index is 12.6. The van der Waals surface area contributed by atoms with E-state index < -0.39 is 23.9 Å². The molecule has 0 spiro atoms. The second-order valence-electron chi connectivity index (χ2n) is 8.63. The molecule has 3 rings (SSSR count). The van der Waals surface area contributed by atoms with Crippen LogP contribution in [0.5, 0.6) is 17.2 Å². The van der Waals surface area contributed by atoms with E-state index in [-0.39, 0.29) is 30.6 Å². The summed E-state index contributed by atoms with van der Waals surface area (Å²) in [6, 6.07) is 8.74. The van der Waals surface area contributed by atoms with Gasteiger partial charge in [-0.2, -0.15) is 5.10 Å². The number of halogens is 1. The number of methoxy groups -OCH3 is 1. The van der Waals surface area contributed by atoms with Crippen molar-refractivity contribution in [2.45, 2.75) is 39.8 Å². The minimum Gasteiger partial charge on any atom is -0.493 e. The second-order valence-corrected chi connectivity index (χ2v) is 9.07. The van der Waals surface area contributed by atoms with Crippen LogP contribution in [0.2, 0.25) is 5.02 Å². The third kappa shape index (κ3) is 7.87. The number of nitrogens with one attached hydrogen (secondary N) is 3. The zero-order chi connectivity index (χ0) is 28.5. The molecule has 208 valence electrons. The second kappa shape index (κ2) is 13.5. The van der Waals surface area contributed by atoms with Gasteiger partial charge >= 0.3 is 12.0 Å². The summed E-state index contributed by atoms with van der Waals surface area (Å²) in [6.45, 7) is 6.95. The average Bonchev–Trinajstić information content (AvgIpc) is 2.88. The summed E-state index contributed by atoms with van der Waals surface area (Å²) in [4.78, 5) is 37.0. The van der Waals surface area contributed by atoms with Gasteiger partial charge in [0.2, 0.25) is 0 Å². The van der Waals surface area contributed by atoms with Gasteiger partial charge < -0.3 is 29.6 Å². The fraction of sp³-hybridized carbons (Fsp3) is 0.333. The number of hydrogen-bond acceptors (Lipinski definition) is 8. The fourth-order valence-electron chi connectivity index (χ4n) is 3.74. The standard InChI is InChI=1S/C27H31ClN4O7/c1-6-37-26(34)24-16(4)30-27(35)31-25(24)17-7-9-21(22(12-17)36-5)38-14-23(33)32-29-13-18-11-19(28)8-10-20(18)39-15(2)3/h7-13,15,25H,6,14H2,1-5H3,(H,32,33)(H2,30,31,35)/b29-13+/t25-/m1/s1. The number of hydrogen-bond donors (Lipinski definition) is 3. The Balaban J connectivity index is 1.69. The molecule has 11 nitrogen and oxygen atoms in total. The topological polar surface area (TPSA) is 137 Å². The molecule has 3 amide bonds. The number of allylic oxidation sites excluding steroid dienone is 1. The summed E-state index contributed by atoms with van der Waals surface area (Å²) in [5.41, 5.74) is 4.22. The largest absolute Gasteiger partial charge is 0.493 e. The first-order valence-corrected chi connectivity index (χ1v) is 12.5. The molecule has 0 fully saturated rings. The molecule has 0 aromatic heterocycles. The van der Waals surface area contributed by atoms with Crippen molar-refractivity contribution in [1.29, 1.82) is 0 Å². The highest BCUT2D eigenvalue weighted by atomic mass is 35.5. The van der Waals surface area contributed by atoms with Crippen LogP contribution in [-0.4, -0.2) is 50.5 Å². The monoisotopic (exact) mass is 558 g/mol. The van der Waals surface area contributed by atoms with E-state index in [1.54, 1.807) is 50.2 Å². The molecule has 2 aromatic carbocycles. The number of amides is 3. The molecule has 3 N–H and O–H groups in total. The van der Waals surface area contributed by atoms with Gasteiger partial charge in [-0.3, -0.25) is 4.79 Å². The number of hydrazone groups is 1. The number of carbonyl (C=O) groups is 3. The van der Waals surface area contributed by atoms with Gasteiger partial charge in [0.1, 0.15) is 5.75 Å². The number of esters is 1. The quantitative estimate of drug-likeness (QED) is 0.216. The van der Waals surface area contributed by atoms with Crippen molar-refractivity contribution in [2.24, 2.45) is 5.10 Å². The van der Waals surface area contributed by atoms with E-state index in [0.29, 0.717) is 33.3 Å². The Hall–Kier alpha value is -4.25. The van der Waals surface area contributed by atoms with E-state index in [1.165, 1.54) is 13.3 Å². The van der Waals surface area contributed by atoms with Crippen molar-refractivity contribution >= 4 is 35.7 Å². The summed E-state index contributed by atoms with van der Waals surface area (Å²) in [6.07, 6.45) is 1.38. The van der Waals surface area contributed by atoms with E-state index in [0.717, 1.165) is 0 Å². The molecule has 0 saturated heterocycles. The fourth-order valence-corrected chi connectivity index (χ4v) is 3.92. The first-order valence-electron chi connectivity index (χ1n) is 12.2. The van der Waals surface area contributed by atoms with Gasteiger partial charge in [-0.1, -0.05) is 17.7 Å². The van der Waals surface area contributed by atoms with Crippen LogP contribution >= 0.6 is 11.6 Å². The lowest BCUT2D eigenvalue weighted by Gasteiger charge is -2.28. The first-order chi connectivity index (χ1) is 18.6. The van der Waals surface area contributed by atoms with Crippen molar-refractivity contribution in [3.8, 4) is 17.2 Å². The lowest BCUT2D eigenvalue weighted by Crippen LogP contribution is -2.45. The minimum atomic E-state index is -0.769. The Morgan fingerprint density at radius 2 is 1.90 bits per heavy atom. The van der Waals surface area contributed by atoms with Crippen LogP contribution in [0.3, 0.4) is 0 Å². The predicted octanol–water partition coefficient (Wildman–Crippen LogP) is 3.86. The number of carbonyl (C=O) groups excluding carboxylic acids is 3. The summed E-state index contributed by atoms with van der Waals surface area (Å²) < 4.78 is 21.9. The highest BCUT2D eigenvalue weighted by Gasteiger charge is 2.32. The molecule has 2 aromatic rings. The number of urea groups is 1. The Morgan fingerprint density at radius 1 is 1.15 bits per heavy atom. The van der Waals surface area contributed by atoms with Crippen molar-refractivity contribution in [3.63, 3.8) is 0 Å². The normalized spacial score (nSPS) is 15.1. The van der Waals surface area contributed by atoms with Gasteiger partial charge in [-0.25, -0.2) is 15.0 Å². The summed E-state index contributed by atoms with van der Waals surface area (Å²) >= 11 is 6.07. The maximum absolute atomic E-state index is 12.6. The molecule has 1 heterocycles. The number of benzene rings is 2. The van der Waals surface area contributed by atoms with E-state index in [4.69, 9.17) is 30.5 Å². The summed E-state index contributed by atoms with van der Waals surface area (Å²) in [5, 5.41) is 9.78. The molecule has 0 saturated carbocycles. The van der Waals surface area contributed by atoms with Crippen LogP contribution in [0.25, 0.3) is 0 Å². The molecule has 0 unspecified atom stereocenters. The average molecular weight is 559 g/mol. The van der Waals surface area contributed by atoms with Crippen LogP contribution < -0.4 is 30.3 Å². The number of ether oxygens (including phenoxy) is 4. The third-order valence-electron chi connectivity index (χ3n) is 5.37. The molecule has 0 radical (unpaired) electrons. The minimum absolute atomic E-state index is 0.0504. The Kier molecular flexibility index (Phi) is 10.2. The third-order valence-corrected chi connectivity index (χ3v) is 5.61. The molecule has 1 aliphatic heterocycles. The van der Waals surface area contributed by atoms with E-state index in [9.17, 15) is 14.4 Å². The SMILES string of the molecule is CCOC(=O)C1=C(C)NC(=O)N[C@@H]1c1ccc(OCC(=O)N/N=C/c2cc(Cl)ccc2OC(C)C)c(OC)c1. The molecule has 1 atom stereocenters. The van der Waals surface area contributed by atoms with E-state index in [1.807, 2.05) is 13.8 Å². The van der Waals surface area contributed by atoms with Crippen molar-refractivity contribution in [1.82, 2.24) is 16.1 Å². The van der Waals surface area contributed by atoms with Gasteiger partial charge in [0, 0.05) is 16.3 Å². The van der Waals surface area contributed by atoms with Crippen LogP contribution in [0.1, 0.15) is 44.9 Å². The lowest BCUT2D eigenvalue weighted by molar-refractivity contribution is -0.139. The van der Waals surface area contributed by atoms with Crippen molar-refractivity contribution in [3.05, 3.63) is 63.8 Å². The van der Waals surface area contributed by atoms with E-state index >= 15 is 0 Å². The van der Waals surface area contributed by atoms with Crippen LogP contribution in [0.15, 0.2) is 52.8 Å². The lowest BCUT2D eigenvalue weighted by atomic mass is 9.95. The number of nitrogens with zero attached hydrogens (tertiary/aromatic N) is 1. The molecule has 0 aliphatic carbocycles. The van der Waals surface area contributed by atoms with Crippen LogP contribution in [0, 0.1) is 0 Å². The Morgan fingerprint density at radius 3 is 2.59 bits per heavy atom. The van der Waals surface area contributed by atoms with Gasteiger partial charge in [-0.15, -0.1) is 0 Å². The molecular formula is C27H31ClN4O7. The molecule has 39 heavy (non-hydrogen) atoms. The Labute approximate surface area is 231 Å². The zero-order valence-electron chi connectivity index (χ0n) is 22.3. The van der Waals surface area contributed by atoms with E-state index in [2.05, 4.69) is 21.2 Å². The summed E-state index contributed by atoms with van der Waals surface area (Å²) in [7, 11) is 1.44. The molecular weight excluding hydrogens is 528 g/mol. The molecule has 1 aliphatic rings. The highest BCUT2D eigenvalue weighted by molar-refractivity contribution is 6.30.